The lowest BCUT2D eigenvalue weighted by Crippen LogP contribution is -2.50. The van der Waals surface area contributed by atoms with Gasteiger partial charge in [-0.3, -0.25) is 24.4 Å². The highest BCUT2D eigenvalue weighted by atomic mass is 32.2. The van der Waals surface area contributed by atoms with E-state index in [1.165, 1.54) is 0 Å². The molecule has 2 aliphatic heterocycles. The minimum Gasteiger partial charge on any atom is -0.278 e. The number of hydrogen-bond acceptors (Lipinski definition) is 8. The molecule has 4 amide bonds. The van der Waals surface area contributed by atoms with Gasteiger partial charge >= 0.3 is 10.1 Å². The van der Waals surface area contributed by atoms with Crippen LogP contribution in [0.25, 0.3) is 0 Å². The van der Waals surface area contributed by atoms with Crippen LogP contribution < -0.4 is 0 Å². The van der Waals surface area contributed by atoms with E-state index < -0.39 is 63.4 Å². The lowest BCUT2D eigenvalue weighted by atomic mass is 9.59. The van der Waals surface area contributed by atoms with Crippen LogP contribution >= 0.6 is 0 Å². The SMILES string of the molecule is O=C1C2C(C(=O)N1O)C1C(=O)N(OS(=O)(=O)CF)C(=O)C21. The van der Waals surface area contributed by atoms with E-state index in [0.29, 0.717) is 0 Å². The summed E-state index contributed by atoms with van der Waals surface area (Å²) in [6, 6.07) is -1.95. The van der Waals surface area contributed by atoms with E-state index in [-0.39, 0.29) is 10.1 Å². The predicted octanol–water partition coefficient (Wildman–Crippen LogP) is -2.22. The molecule has 0 aromatic carbocycles. The lowest BCUT2D eigenvalue weighted by Gasteiger charge is -2.35. The third-order valence-corrected chi connectivity index (χ3v) is 4.47. The Labute approximate surface area is 116 Å². The number of halogens is 1. The zero-order valence-electron chi connectivity index (χ0n) is 10.0. The van der Waals surface area contributed by atoms with Crippen molar-refractivity contribution < 1.29 is 41.5 Å². The first kappa shape index (κ1) is 14.0. The zero-order valence-corrected chi connectivity index (χ0v) is 10.8. The van der Waals surface area contributed by atoms with Gasteiger partial charge in [0.15, 0.2) is 0 Å². The average molecular weight is 322 g/mol. The van der Waals surface area contributed by atoms with Crippen molar-refractivity contribution in [3.8, 4) is 0 Å². The number of nitrogens with zero attached hydrogens (tertiary/aromatic N) is 2. The molecule has 1 saturated carbocycles. The fourth-order valence-electron chi connectivity index (χ4n) is 2.95. The summed E-state index contributed by atoms with van der Waals surface area (Å²) in [5.74, 6) is -9.42. The van der Waals surface area contributed by atoms with Gasteiger partial charge in [-0.2, -0.15) is 13.5 Å². The minimum absolute atomic E-state index is 0.134. The number of hydroxylamine groups is 4. The fraction of sp³-hybridized carbons (Fsp3) is 0.556. The van der Waals surface area contributed by atoms with E-state index in [9.17, 15) is 37.2 Å². The van der Waals surface area contributed by atoms with Crippen LogP contribution in [0.4, 0.5) is 4.39 Å². The normalized spacial score (nSPS) is 35.1. The fourth-order valence-corrected chi connectivity index (χ4v) is 3.37. The molecule has 0 aromatic rings. The molecule has 2 saturated heterocycles. The Balaban J connectivity index is 1.91. The van der Waals surface area contributed by atoms with Crippen LogP contribution in [-0.2, 0) is 33.6 Å². The first-order chi connectivity index (χ1) is 9.71. The summed E-state index contributed by atoms with van der Waals surface area (Å²) in [5.41, 5.74) is 0. The quantitative estimate of drug-likeness (QED) is 0.455. The highest BCUT2D eigenvalue weighted by Gasteiger charge is 2.74. The van der Waals surface area contributed by atoms with E-state index >= 15 is 0 Å². The van der Waals surface area contributed by atoms with Gasteiger partial charge in [-0.1, -0.05) is 0 Å². The van der Waals surface area contributed by atoms with E-state index in [1.54, 1.807) is 0 Å². The number of carbonyl (C=O) groups excluding carboxylic acids is 4. The molecule has 3 aliphatic rings. The van der Waals surface area contributed by atoms with Crippen LogP contribution in [0.5, 0.6) is 0 Å². The van der Waals surface area contributed by atoms with Gasteiger partial charge in [0.25, 0.3) is 23.6 Å². The third-order valence-electron chi connectivity index (χ3n) is 3.83. The van der Waals surface area contributed by atoms with Crippen LogP contribution in [0.1, 0.15) is 0 Å². The van der Waals surface area contributed by atoms with Crippen LogP contribution in [0.15, 0.2) is 0 Å². The topological polar surface area (TPSA) is 138 Å². The van der Waals surface area contributed by atoms with Gasteiger partial charge in [-0.25, -0.2) is 4.39 Å². The molecule has 1 N–H and O–H groups in total. The number of imide groups is 2. The molecule has 1 aliphatic carbocycles. The second-order valence-corrected chi connectivity index (χ2v) is 6.29. The second-order valence-electron chi connectivity index (χ2n) is 4.80. The second kappa shape index (κ2) is 4.05. The Kier molecular flexibility index (Phi) is 2.71. The molecule has 10 nitrogen and oxygen atoms in total. The zero-order chi connectivity index (χ0) is 15.7. The smallest absolute Gasteiger partial charge is 0.278 e. The maximum absolute atomic E-state index is 12.2. The van der Waals surface area contributed by atoms with Gasteiger partial charge < -0.3 is 0 Å². The molecule has 4 unspecified atom stereocenters. The number of amides is 4. The molecule has 0 spiro atoms. The number of carbonyl (C=O) groups is 4. The predicted molar refractivity (Wildman–Crippen MR) is 55.4 cm³/mol. The Morgan fingerprint density at radius 3 is 1.71 bits per heavy atom. The summed E-state index contributed by atoms with van der Waals surface area (Å²) >= 11 is 0. The summed E-state index contributed by atoms with van der Waals surface area (Å²) in [6.45, 7) is 0. The standard InChI is InChI=1S/C9H7FN2O8S/c10-1-21(18,19)20-12-8(15)4-2-3(5(4)9(12)16)7(14)11(17)6(2)13/h2-5,17H,1H2. The highest BCUT2D eigenvalue weighted by Crippen LogP contribution is 2.56. The summed E-state index contributed by atoms with van der Waals surface area (Å²) in [6.07, 6.45) is 0. The van der Waals surface area contributed by atoms with Gasteiger partial charge in [-0.05, 0) is 0 Å². The Morgan fingerprint density at radius 2 is 1.33 bits per heavy atom. The molecule has 12 heteroatoms. The minimum atomic E-state index is -4.76. The molecule has 2 heterocycles. The molecule has 0 radical (unpaired) electrons. The van der Waals surface area contributed by atoms with Crippen LogP contribution in [0.2, 0.25) is 0 Å². The highest BCUT2D eigenvalue weighted by molar-refractivity contribution is 7.86. The maximum atomic E-state index is 12.2. The van der Waals surface area contributed by atoms with E-state index in [2.05, 4.69) is 4.28 Å². The number of rotatable bonds is 3. The van der Waals surface area contributed by atoms with Gasteiger partial charge in [0, 0.05) is 0 Å². The molecule has 4 atom stereocenters. The van der Waals surface area contributed by atoms with Gasteiger partial charge in [0.2, 0.25) is 6.01 Å². The Hall–Kier alpha value is -1.92. The lowest BCUT2D eigenvalue weighted by molar-refractivity contribution is -0.174. The summed E-state index contributed by atoms with van der Waals surface area (Å²) < 4.78 is 38.2. The average Bonchev–Trinajstić information content (AvgIpc) is 2.68. The van der Waals surface area contributed by atoms with E-state index in [4.69, 9.17) is 0 Å². The molecule has 0 aromatic heterocycles. The molecular formula is C9H7FN2O8S. The van der Waals surface area contributed by atoms with E-state index in [1.807, 2.05) is 0 Å². The largest absolute Gasteiger partial charge is 0.318 e. The van der Waals surface area contributed by atoms with Gasteiger partial charge in [-0.15, -0.1) is 9.35 Å². The van der Waals surface area contributed by atoms with Gasteiger partial charge in [0.1, 0.15) is 0 Å². The molecule has 114 valence electrons. The van der Waals surface area contributed by atoms with Crippen molar-refractivity contribution in [2.24, 2.45) is 23.7 Å². The van der Waals surface area contributed by atoms with Crippen molar-refractivity contribution >= 4 is 33.7 Å². The first-order valence-corrected chi connectivity index (χ1v) is 7.21. The number of fused-ring (bicyclic) bond motifs is 4. The van der Waals surface area contributed by atoms with Crippen molar-refractivity contribution in [2.45, 2.75) is 0 Å². The van der Waals surface area contributed by atoms with Crippen molar-refractivity contribution in [1.82, 2.24) is 10.1 Å². The van der Waals surface area contributed by atoms with Crippen molar-refractivity contribution in [2.75, 3.05) is 6.01 Å². The van der Waals surface area contributed by atoms with Crippen LogP contribution in [0.3, 0.4) is 0 Å². The third kappa shape index (κ3) is 1.60. The Bertz CT molecular complexity index is 650. The number of alkyl halides is 1. The molecule has 3 fully saturated rings. The Morgan fingerprint density at radius 1 is 0.952 bits per heavy atom. The van der Waals surface area contributed by atoms with Crippen LogP contribution in [-0.4, -0.2) is 53.4 Å². The van der Waals surface area contributed by atoms with E-state index in [0.717, 1.165) is 0 Å². The monoisotopic (exact) mass is 322 g/mol. The summed E-state index contributed by atoms with van der Waals surface area (Å²) in [7, 11) is -4.76. The molecule has 0 bridgehead atoms. The van der Waals surface area contributed by atoms with Crippen LogP contribution in [0, 0.1) is 23.7 Å². The molecule has 21 heavy (non-hydrogen) atoms. The van der Waals surface area contributed by atoms with Gasteiger partial charge in [0.05, 0.1) is 23.7 Å². The number of hydrogen-bond donors (Lipinski definition) is 1. The molecular weight excluding hydrogens is 315 g/mol. The maximum Gasteiger partial charge on any atom is 0.318 e. The summed E-state index contributed by atoms with van der Waals surface area (Å²) in [4.78, 5) is 47.0. The summed E-state index contributed by atoms with van der Waals surface area (Å²) in [5, 5.41) is 8.90. The van der Waals surface area contributed by atoms with Crippen molar-refractivity contribution in [1.29, 1.82) is 0 Å². The molecule has 3 rings (SSSR count). The van der Waals surface area contributed by atoms with Crippen molar-refractivity contribution in [3.05, 3.63) is 0 Å². The first-order valence-electron chi connectivity index (χ1n) is 5.64. The van der Waals surface area contributed by atoms with Crippen molar-refractivity contribution in [3.63, 3.8) is 0 Å².